The van der Waals surface area contributed by atoms with Crippen LogP contribution in [0.4, 0.5) is 0 Å². The van der Waals surface area contributed by atoms with E-state index < -0.39 is 6.04 Å². The van der Waals surface area contributed by atoms with Crippen LogP contribution in [0.3, 0.4) is 0 Å². The summed E-state index contributed by atoms with van der Waals surface area (Å²) in [5.74, 6) is 0.393. The first-order valence-electron chi connectivity index (χ1n) is 14.4. The summed E-state index contributed by atoms with van der Waals surface area (Å²) in [6.07, 6.45) is 6.95. The standard InChI is InChI=1S/C34H41ClN2O2/c1-25(2)29-18-13-26(14-19-29)17-22-33(38)37(24-28-15-20-30(35)21-16-28)32(23-27-9-5-3-6-10-27)34(39)36-31-11-7-4-8-12-31/h3,5-6,9-10,13-16,18-21,25,31-32H,4,7-8,11-12,17,22-24H2,1-2H3,(H,36,39)/t32-/m0/s1. The van der Waals surface area contributed by atoms with Crippen molar-refractivity contribution in [3.8, 4) is 0 Å². The van der Waals surface area contributed by atoms with E-state index in [0.29, 0.717) is 36.7 Å². The predicted octanol–water partition coefficient (Wildman–Crippen LogP) is 7.49. The minimum Gasteiger partial charge on any atom is -0.352 e. The molecular weight excluding hydrogens is 504 g/mol. The highest BCUT2D eigenvalue weighted by Gasteiger charge is 2.31. The van der Waals surface area contributed by atoms with Crippen LogP contribution in [0.2, 0.25) is 5.02 Å². The van der Waals surface area contributed by atoms with E-state index in [9.17, 15) is 9.59 Å². The van der Waals surface area contributed by atoms with Crippen LogP contribution in [0.25, 0.3) is 0 Å². The fraction of sp³-hybridized carbons (Fsp3) is 0.412. The van der Waals surface area contributed by atoms with Gasteiger partial charge in [0.2, 0.25) is 11.8 Å². The summed E-state index contributed by atoms with van der Waals surface area (Å²) in [5, 5.41) is 3.96. The summed E-state index contributed by atoms with van der Waals surface area (Å²) in [4.78, 5) is 29.6. The fourth-order valence-corrected chi connectivity index (χ4v) is 5.47. The average molecular weight is 545 g/mol. The lowest BCUT2D eigenvalue weighted by atomic mass is 9.94. The molecule has 4 nitrogen and oxygen atoms in total. The van der Waals surface area contributed by atoms with Crippen molar-refractivity contribution in [2.75, 3.05) is 0 Å². The summed E-state index contributed by atoms with van der Waals surface area (Å²) in [6, 6.07) is 25.6. The second-order valence-corrected chi connectivity index (χ2v) is 11.5. The van der Waals surface area contributed by atoms with Crippen molar-refractivity contribution in [1.82, 2.24) is 10.2 Å². The van der Waals surface area contributed by atoms with E-state index in [-0.39, 0.29) is 17.9 Å². The zero-order valence-electron chi connectivity index (χ0n) is 23.2. The number of nitrogens with zero attached hydrogens (tertiary/aromatic N) is 1. The Kier molecular flexibility index (Phi) is 10.6. The molecule has 0 aliphatic heterocycles. The summed E-state index contributed by atoms with van der Waals surface area (Å²) < 4.78 is 0. The average Bonchev–Trinajstić information content (AvgIpc) is 2.96. The molecule has 1 fully saturated rings. The number of aryl methyl sites for hydroxylation is 1. The quantitative estimate of drug-likeness (QED) is 0.272. The van der Waals surface area contributed by atoms with Gasteiger partial charge in [0.25, 0.3) is 0 Å². The Hall–Kier alpha value is -3.11. The molecular formula is C34H41ClN2O2. The number of amides is 2. The third-order valence-electron chi connectivity index (χ3n) is 7.76. The second-order valence-electron chi connectivity index (χ2n) is 11.1. The molecule has 0 spiro atoms. The third-order valence-corrected chi connectivity index (χ3v) is 8.01. The Balaban J connectivity index is 1.58. The van der Waals surface area contributed by atoms with Gasteiger partial charge in [-0.15, -0.1) is 0 Å². The predicted molar refractivity (Wildman–Crippen MR) is 160 cm³/mol. The molecule has 39 heavy (non-hydrogen) atoms. The van der Waals surface area contributed by atoms with Crippen molar-refractivity contribution < 1.29 is 9.59 Å². The number of nitrogens with one attached hydrogen (secondary N) is 1. The number of rotatable bonds is 11. The smallest absolute Gasteiger partial charge is 0.243 e. The van der Waals surface area contributed by atoms with Gasteiger partial charge in [-0.2, -0.15) is 0 Å². The van der Waals surface area contributed by atoms with E-state index in [2.05, 4.69) is 43.4 Å². The molecule has 1 atom stereocenters. The van der Waals surface area contributed by atoms with Gasteiger partial charge < -0.3 is 10.2 Å². The van der Waals surface area contributed by atoms with Gasteiger partial charge in [-0.1, -0.05) is 111 Å². The molecule has 4 rings (SSSR count). The maximum absolute atomic E-state index is 13.9. The summed E-state index contributed by atoms with van der Waals surface area (Å²) >= 11 is 6.14. The van der Waals surface area contributed by atoms with Crippen LogP contribution in [0.5, 0.6) is 0 Å². The molecule has 0 radical (unpaired) electrons. The van der Waals surface area contributed by atoms with Crippen LogP contribution >= 0.6 is 11.6 Å². The van der Waals surface area contributed by atoms with Crippen molar-refractivity contribution in [2.24, 2.45) is 0 Å². The van der Waals surface area contributed by atoms with Crippen LogP contribution in [-0.4, -0.2) is 28.8 Å². The number of carbonyl (C=O) groups excluding carboxylic acids is 2. The molecule has 2 amide bonds. The van der Waals surface area contributed by atoms with Crippen LogP contribution in [0.1, 0.15) is 80.5 Å². The minimum absolute atomic E-state index is 0.0161. The highest BCUT2D eigenvalue weighted by atomic mass is 35.5. The van der Waals surface area contributed by atoms with Crippen molar-refractivity contribution >= 4 is 23.4 Å². The molecule has 1 saturated carbocycles. The maximum Gasteiger partial charge on any atom is 0.243 e. The van der Waals surface area contributed by atoms with Gasteiger partial charge in [0.05, 0.1) is 0 Å². The zero-order chi connectivity index (χ0) is 27.6. The number of halogens is 1. The van der Waals surface area contributed by atoms with E-state index in [1.54, 1.807) is 4.90 Å². The summed E-state index contributed by atoms with van der Waals surface area (Å²) in [6.45, 7) is 4.72. The van der Waals surface area contributed by atoms with Crippen molar-refractivity contribution in [2.45, 2.75) is 89.8 Å². The normalized spacial score (nSPS) is 14.7. The SMILES string of the molecule is CC(C)c1ccc(CCC(=O)N(Cc2ccc(Cl)cc2)[C@@H](Cc2ccccc2)C(=O)NC2CCCCC2)cc1. The third kappa shape index (κ3) is 8.69. The molecule has 0 unspecified atom stereocenters. The fourth-order valence-electron chi connectivity index (χ4n) is 5.35. The molecule has 3 aromatic carbocycles. The summed E-state index contributed by atoms with van der Waals surface area (Å²) in [7, 11) is 0. The first-order chi connectivity index (χ1) is 18.9. The largest absolute Gasteiger partial charge is 0.352 e. The topological polar surface area (TPSA) is 49.4 Å². The Morgan fingerprint density at radius 3 is 2.13 bits per heavy atom. The number of benzene rings is 3. The van der Waals surface area contributed by atoms with Crippen molar-refractivity contribution in [1.29, 1.82) is 0 Å². The lowest BCUT2D eigenvalue weighted by Crippen LogP contribution is -2.52. The van der Waals surface area contributed by atoms with Crippen molar-refractivity contribution in [3.05, 3.63) is 106 Å². The van der Waals surface area contributed by atoms with Crippen LogP contribution in [0, 0.1) is 0 Å². The van der Waals surface area contributed by atoms with E-state index in [1.807, 2.05) is 54.6 Å². The molecule has 3 aromatic rings. The minimum atomic E-state index is -0.596. The lowest BCUT2D eigenvalue weighted by molar-refractivity contribution is -0.141. The molecule has 1 N–H and O–H groups in total. The lowest BCUT2D eigenvalue weighted by Gasteiger charge is -2.33. The van der Waals surface area contributed by atoms with Crippen molar-refractivity contribution in [3.63, 3.8) is 0 Å². The van der Waals surface area contributed by atoms with Gasteiger partial charge in [-0.3, -0.25) is 9.59 Å². The Morgan fingerprint density at radius 1 is 0.846 bits per heavy atom. The maximum atomic E-state index is 13.9. The summed E-state index contributed by atoms with van der Waals surface area (Å²) in [5.41, 5.74) is 4.42. The van der Waals surface area contributed by atoms with Gasteiger partial charge in [0.15, 0.2) is 0 Å². The van der Waals surface area contributed by atoms with Gasteiger partial charge in [-0.25, -0.2) is 0 Å². The Morgan fingerprint density at radius 2 is 1.49 bits per heavy atom. The number of carbonyl (C=O) groups is 2. The first-order valence-corrected chi connectivity index (χ1v) is 14.7. The molecule has 206 valence electrons. The van der Waals surface area contributed by atoms with Crippen LogP contribution in [-0.2, 0) is 29.0 Å². The molecule has 1 aliphatic rings. The van der Waals surface area contributed by atoms with E-state index >= 15 is 0 Å². The monoisotopic (exact) mass is 544 g/mol. The van der Waals surface area contributed by atoms with E-state index in [0.717, 1.165) is 42.4 Å². The number of hydrogen-bond donors (Lipinski definition) is 1. The zero-order valence-corrected chi connectivity index (χ0v) is 24.0. The molecule has 5 heteroatoms. The van der Waals surface area contributed by atoms with Crippen LogP contribution in [0.15, 0.2) is 78.9 Å². The van der Waals surface area contributed by atoms with E-state index in [4.69, 9.17) is 11.6 Å². The van der Waals surface area contributed by atoms with Crippen LogP contribution < -0.4 is 5.32 Å². The first kappa shape index (κ1) is 28.9. The van der Waals surface area contributed by atoms with Gasteiger partial charge >= 0.3 is 0 Å². The molecule has 0 saturated heterocycles. The van der Waals surface area contributed by atoms with E-state index in [1.165, 1.54) is 12.0 Å². The molecule has 1 aliphatic carbocycles. The number of hydrogen-bond acceptors (Lipinski definition) is 2. The van der Waals surface area contributed by atoms with Gasteiger partial charge in [-0.05, 0) is 59.6 Å². The highest BCUT2D eigenvalue weighted by Crippen LogP contribution is 2.22. The van der Waals surface area contributed by atoms with Gasteiger partial charge in [0, 0.05) is 30.5 Å². The Labute approximate surface area is 238 Å². The van der Waals surface area contributed by atoms with Gasteiger partial charge in [0.1, 0.15) is 6.04 Å². The molecule has 0 aromatic heterocycles. The Bertz CT molecular complexity index is 1190. The molecule has 0 heterocycles. The molecule has 0 bridgehead atoms. The second kappa shape index (κ2) is 14.3. The highest BCUT2D eigenvalue weighted by molar-refractivity contribution is 6.30.